The average Bonchev–Trinajstić information content (AvgIpc) is 3.05. The Morgan fingerprint density at radius 3 is 2.83 bits per heavy atom. The minimum atomic E-state index is -0.301. The van der Waals surface area contributed by atoms with E-state index < -0.39 is 0 Å². The molecule has 0 saturated heterocycles. The quantitative estimate of drug-likeness (QED) is 0.756. The molecule has 0 aliphatic carbocycles. The van der Waals surface area contributed by atoms with Crippen molar-refractivity contribution in [3.8, 4) is 11.3 Å². The van der Waals surface area contributed by atoms with Gasteiger partial charge in [-0.15, -0.1) is 11.3 Å². The number of urea groups is 1. The van der Waals surface area contributed by atoms with Crippen LogP contribution in [0, 0.1) is 0 Å². The first kappa shape index (κ1) is 15.1. The van der Waals surface area contributed by atoms with Crippen LogP contribution in [-0.2, 0) is 6.42 Å². The maximum Gasteiger partial charge on any atom is 0.320 e. The van der Waals surface area contributed by atoms with E-state index >= 15 is 0 Å². The van der Waals surface area contributed by atoms with E-state index in [9.17, 15) is 4.79 Å². The van der Waals surface area contributed by atoms with Crippen LogP contribution in [0.1, 0.15) is 5.01 Å². The van der Waals surface area contributed by atoms with Crippen LogP contribution >= 0.6 is 11.3 Å². The number of thiazole rings is 1. The molecule has 1 aromatic carbocycles. The standard InChI is InChI=1S/C16H15N5OS/c22-16(21-14-10-17-8-9-18-14)19-7-6-15-20-13(11-23-15)12-4-2-1-3-5-12/h1-5,8-11H,6-7H2,(H2,18,19,21,22). The Balaban J connectivity index is 1.48. The van der Waals surface area contributed by atoms with Gasteiger partial charge in [-0.05, 0) is 0 Å². The molecule has 0 aliphatic heterocycles. The van der Waals surface area contributed by atoms with Gasteiger partial charge in [0.25, 0.3) is 0 Å². The molecule has 6 nitrogen and oxygen atoms in total. The maximum atomic E-state index is 11.7. The number of carbonyl (C=O) groups is 1. The van der Waals surface area contributed by atoms with Crippen molar-refractivity contribution in [3.63, 3.8) is 0 Å². The zero-order chi connectivity index (χ0) is 15.9. The second-order valence-corrected chi connectivity index (χ2v) is 5.66. The molecule has 0 aliphatic rings. The van der Waals surface area contributed by atoms with E-state index in [0.717, 1.165) is 16.3 Å². The smallest absolute Gasteiger partial charge is 0.320 e. The lowest BCUT2D eigenvalue weighted by Crippen LogP contribution is -2.30. The van der Waals surface area contributed by atoms with E-state index in [-0.39, 0.29) is 6.03 Å². The fourth-order valence-electron chi connectivity index (χ4n) is 1.97. The summed E-state index contributed by atoms with van der Waals surface area (Å²) >= 11 is 1.59. The minimum absolute atomic E-state index is 0.301. The molecule has 0 spiro atoms. The molecule has 3 rings (SSSR count). The highest BCUT2D eigenvalue weighted by Gasteiger charge is 2.06. The van der Waals surface area contributed by atoms with Gasteiger partial charge < -0.3 is 5.32 Å². The van der Waals surface area contributed by atoms with Crippen LogP contribution in [0.2, 0.25) is 0 Å². The number of hydrogen-bond acceptors (Lipinski definition) is 5. The lowest BCUT2D eigenvalue weighted by molar-refractivity contribution is 0.252. The summed E-state index contributed by atoms with van der Waals surface area (Å²) in [5.74, 6) is 0.422. The number of aromatic nitrogens is 3. The third-order valence-electron chi connectivity index (χ3n) is 3.05. The maximum absolute atomic E-state index is 11.7. The number of nitrogens with zero attached hydrogens (tertiary/aromatic N) is 3. The Bertz CT molecular complexity index is 760. The normalized spacial score (nSPS) is 10.3. The van der Waals surface area contributed by atoms with Crippen LogP contribution in [0.4, 0.5) is 10.6 Å². The molecule has 0 fully saturated rings. The molecule has 0 saturated carbocycles. The van der Waals surface area contributed by atoms with Gasteiger partial charge in [0.1, 0.15) is 0 Å². The predicted molar refractivity (Wildman–Crippen MR) is 90.3 cm³/mol. The summed E-state index contributed by atoms with van der Waals surface area (Å²) in [4.78, 5) is 24.2. The molecule has 0 radical (unpaired) electrons. The molecule has 23 heavy (non-hydrogen) atoms. The molecule has 3 aromatic rings. The van der Waals surface area contributed by atoms with Crippen molar-refractivity contribution in [2.45, 2.75) is 6.42 Å². The van der Waals surface area contributed by atoms with Crippen LogP contribution in [0.3, 0.4) is 0 Å². The Hall–Kier alpha value is -2.80. The second kappa shape index (κ2) is 7.46. The summed E-state index contributed by atoms with van der Waals surface area (Å²) in [7, 11) is 0. The fraction of sp³-hybridized carbons (Fsp3) is 0.125. The molecule has 2 amide bonds. The van der Waals surface area contributed by atoms with Crippen molar-refractivity contribution in [2.75, 3.05) is 11.9 Å². The van der Waals surface area contributed by atoms with E-state index in [1.54, 1.807) is 17.5 Å². The number of anilines is 1. The number of amides is 2. The lowest BCUT2D eigenvalue weighted by Gasteiger charge is -2.05. The van der Waals surface area contributed by atoms with Gasteiger partial charge in [-0.1, -0.05) is 30.3 Å². The Morgan fingerprint density at radius 1 is 1.17 bits per heavy atom. The van der Waals surface area contributed by atoms with E-state index in [1.165, 1.54) is 12.4 Å². The average molecular weight is 325 g/mol. The Labute approximate surface area is 137 Å². The molecule has 0 unspecified atom stereocenters. The number of rotatable bonds is 5. The first-order valence-corrected chi connectivity index (χ1v) is 8.00. The summed E-state index contributed by atoms with van der Waals surface area (Å²) in [6, 6.07) is 9.73. The van der Waals surface area contributed by atoms with Crippen molar-refractivity contribution in [2.24, 2.45) is 0 Å². The van der Waals surface area contributed by atoms with Crippen molar-refractivity contribution < 1.29 is 4.79 Å². The fourth-order valence-corrected chi connectivity index (χ4v) is 2.78. The van der Waals surface area contributed by atoms with Gasteiger partial charge in [0.05, 0.1) is 16.9 Å². The van der Waals surface area contributed by atoms with Crippen molar-refractivity contribution in [1.82, 2.24) is 20.3 Å². The van der Waals surface area contributed by atoms with Gasteiger partial charge in [-0.3, -0.25) is 10.3 Å². The first-order valence-electron chi connectivity index (χ1n) is 7.12. The SMILES string of the molecule is O=C(NCCc1nc(-c2ccccc2)cs1)Nc1cnccn1. The number of hydrogen-bond donors (Lipinski definition) is 2. The molecule has 0 bridgehead atoms. The van der Waals surface area contributed by atoms with Crippen molar-refractivity contribution in [3.05, 3.63) is 59.3 Å². The van der Waals surface area contributed by atoms with Crippen molar-refractivity contribution >= 4 is 23.2 Å². The Morgan fingerprint density at radius 2 is 2.04 bits per heavy atom. The van der Waals surface area contributed by atoms with Crippen LogP contribution in [0.25, 0.3) is 11.3 Å². The number of carbonyl (C=O) groups excluding carboxylic acids is 1. The molecule has 0 atom stereocenters. The van der Waals surface area contributed by atoms with Gasteiger partial charge in [-0.2, -0.15) is 0 Å². The van der Waals surface area contributed by atoms with Crippen LogP contribution < -0.4 is 10.6 Å². The summed E-state index contributed by atoms with van der Waals surface area (Å²) < 4.78 is 0. The molecule has 116 valence electrons. The molecule has 2 heterocycles. The molecular weight excluding hydrogens is 310 g/mol. The van der Waals surface area contributed by atoms with Gasteiger partial charge in [-0.25, -0.2) is 14.8 Å². The predicted octanol–water partition coefficient (Wildman–Crippen LogP) is 2.96. The third kappa shape index (κ3) is 4.33. The van der Waals surface area contributed by atoms with Gasteiger partial charge in [0, 0.05) is 36.3 Å². The van der Waals surface area contributed by atoms with E-state index in [1.807, 2.05) is 35.7 Å². The topological polar surface area (TPSA) is 79.8 Å². The van der Waals surface area contributed by atoms with Gasteiger partial charge in [0.15, 0.2) is 5.82 Å². The zero-order valence-corrected chi connectivity index (χ0v) is 13.1. The van der Waals surface area contributed by atoms with Gasteiger partial charge >= 0.3 is 6.03 Å². The monoisotopic (exact) mass is 325 g/mol. The van der Waals surface area contributed by atoms with E-state index in [4.69, 9.17) is 0 Å². The van der Waals surface area contributed by atoms with Crippen LogP contribution in [0.5, 0.6) is 0 Å². The Kier molecular flexibility index (Phi) is 4.90. The van der Waals surface area contributed by atoms with Crippen molar-refractivity contribution in [1.29, 1.82) is 0 Å². The second-order valence-electron chi connectivity index (χ2n) is 4.71. The third-order valence-corrected chi connectivity index (χ3v) is 3.96. The largest absolute Gasteiger partial charge is 0.337 e. The summed E-state index contributed by atoms with van der Waals surface area (Å²) in [5.41, 5.74) is 2.07. The lowest BCUT2D eigenvalue weighted by atomic mass is 10.2. The summed E-state index contributed by atoms with van der Waals surface area (Å²) in [5, 5.41) is 8.42. The summed E-state index contributed by atoms with van der Waals surface area (Å²) in [6.45, 7) is 0.508. The minimum Gasteiger partial charge on any atom is -0.337 e. The zero-order valence-electron chi connectivity index (χ0n) is 12.3. The molecule has 7 heteroatoms. The number of nitrogens with one attached hydrogen (secondary N) is 2. The van der Waals surface area contributed by atoms with Crippen LogP contribution in [-0.4, -0.2) is 27.5 Å². The van der Waals surface area contributed by atoms with Crippen LogP contribution in [0.15, 0.2) is 54.3 Å². The highest BCUT2D eigenvalue weighted by Crippen LogP contribution is 2.21. The molecular formula is C16H15N5OS. The summed E-state index contributed by atoms with van der Waals surface area (Å²) in [6.07, 6.45) is 5.25. The first-order chi connectivity index (χ1) is 11.3. The number of benzene rings is 1. The highest BCUT2D eigenvalue weighted by atomic mass is 32.1. The van der Waals surface area contributed by atoms with Gasteiger partial charge in [0.2, 0.25) is 0 Å². The molecule has 2 N–H and O–H groups in total. The van der Waals surface area contributed by atoms with E-state index in [0.29, 0.717) is 18.8 Å². The van der Waals surface area contributed by atoms with E-state index in [2.05, 4.69) is 25.6 Å². The molecule has 2 aromatic heterocycles. The highest BCUT2D eigenvalue weighted by molar-refractivity contribution is 7.09.